The van der Waals surface area contributed by atoms with Crippen LogP contribution in [0.5, 0.6) is 5.75 Å². The van der Waals surface area contributed by atoms with Gasteiger partial charge in [-0.15, -0.1) is 0 Å². The van der Waals surface area contributed by atoms with E-state index in [1.807, 2.05) is 32.0 Å². The number of hydrogen-bond donors (Lipinski definition) is 1. The van der Waals surface area contributed by atoms with E-state index in [0.29, 0.717) is 36.6 Å². The molecule has 0 radical (unpaired) electrons. The first-order valence-electron chi connectivity index (χ1n) is 13.0. The van der Waals surface area contributed by atoms with Crippen LogP contribution in [0.1, 0.15) is 25.2 Å². The Kier molecular flexibility index (Phi) is 6.35. The van der Waals surface area contributed by atoms with Crippen molar-refractivity contribution in [2.45, 2.75) is 26.3 Å². The first-order valence-corrected chi connectivity index (χ1v) is 13.0. The summed E-state index contributed by atoms with van der Waals surface area (Å²) in [6.07, 6.45) is 1.56. The van der Waals surface area contributed by atoms with E-state index in [0.717, 1.165) is 54.9 Å². The Labute approximate surface area is 220 Å². The summed E-state index contributed by atoms with van der Waals surface area (Å²) in [7, 11) is 2.13. The first-order chi connectivity index (χ1) is 18.4. The summed E-state index contributed by atoms with van der Waals surface area (Å²) in [6, 6.07) is 9.18. The van der Waals surface area contributed by atoms with E-state index in [-0.39, 0.29) is 17.5 Å². The summed E-state index contributed by atoms with van der Waals surface area (Å²) < 4.78 is 35.5. The third kappa shape index (κ3) is 4.64. The SMILES string of the molecule is CC(C)N1CCOc2c(F)cc(-c3nc(Cc4ccc5nc(N6CCN(C)CC6)[nH]c5c4)ncc3F)cc21. The summed E-state index contributed by atoms with van der Waals surface area (Å²) in [5, 5.41) is 0. The highest BCUT2D eigenvalue weighted by molar-refractivity contribution is 5.78. The maximum atomic E-state index is 15.0. The van der Waals surface area contributed by atoms with Gasteiger partial charge < -0.3 is 24.4 Å². The smallest absolute Gasteiger partial charge is 0.203 e. The fraction of sp³-hybridized carbons (Fsp3) is 0.393. The second-order valence-electron chi connectivity index (χ2n) is 10.3. The molecular formula is C28H31F2N7O. The van der Waals surface area contributed by atoms with E-state index in [1.54, 1.807) is 6.07 Å². The van der Waals surface area contributed by atoms with E-state index in [9.17, 15) is 4.39 Å². The Hall–Kier alpha value is -3.79. The first kappa shape index (κ1) is 24.5. The van der Waals surface area contributed by atoms with Crippen LogP contribution in [0.4, 0.5) is 20.4 Å². The zero-order valence-electron chi connectivity index (χ0n) is 21.8. The van der Waals surface area contributed by atoms with E-state index in [2.05, 4.69) is 36.7 Å². The van der Waals surface area contributed by atoms with E-state index < -0.39 is 11.6 Å². The van der Waals surface area contributed by atoms with Gasteiger partial charge in [-0.05, 0) is 50.7 Å². The number of nitrogens with zero attached hydrogens (tertiary/aromatic N) is 6. The van der Waals surface area contributed by atoms with Gasteiger partial charge in [-0.25, -0.2) is 23.7 Å². The molecule has 0 atom stereocenters. The van der Waals surface area contributed by atoms with Crippen molar-refractivity contribution in [1.29, 1.82) is 0 Å². The Morgan fingerprint density at radius 2 is 1.82 bits per heavy atom. The van der Waals surface area contributed by atoms with Crippen LogP contribution >= 0.6 is 0 Å². The molecule has 6 rings (SSSR count). The lowest BCUT2D eigenvalue weighted by atomic mass is 10.1. The summed E-state index contributed by atoms with van der Waals surface area (Å²) in [6.45, 7) is 8.98. The van der Waals surface area contributed by atoms with Crippen molar-refractivity contribution in [1.82, 2.24) is 24.8 Å². The summed E-state index contributed by atoms with van der Waals surface area (Å²) in [5.41, 5.74) is 3.85. The largest absolute Gasteiger partial charge is 0.486 e. The molecule has 4 aromatic rings. The molecule has 2 aromatic carbocycles. The van der Waals surface area contributed by atoms with Crippen molar-refractivity contribution >= 4 is 22.7 Å². The number of piperazine rings is 1. The van der Waals surface area contributed by atoms with E-state index in [1.165, 1.54) is 6.07 Å². The number of fused-ring (bicyclic) bond motifs is 2. The third-order valence-corrected chi connectivity index (χ3v) is 7.30. The minimum Gasteiger partial charge on any atom is -0.486 e. The van der Waals surface area contributed by atoms with Gasteiger partial charge in [0.2, 0.25) is 5.95 Å². The number of imidazole rings is 1. The highest BCUT2D eigenvalue weighted by Crippen LogP contribution is 2.39. The molecule has 0 amide bonds. The minimum absolute atomic E-state index is 0.0750. The van der Waals surface area contributed by atoms with Crippen LogP contribution in [-0.2, 0) is 6.42 Å². The van der Waals surface area contributed by atoms with Gasteiger partial charge in [0.15, 0.2) is 17.4 Å². The molecule has 0 bridgehead atoms. The van der Waals surface area contributed by atoms with Crippen molar-refractivity contribution in [3.63, 3.8) is 0 Å². The Bertz CT molecular complexity index is 1480. The summed E-state index contributed by atoms with van der Waals surface area (Å²) >= 11 is 0. The molecule has 0 saturated carbocycles. The van der Waals surface area contributed by atoms with Crippen LogP contribution in [0.15, 0.2) is 36.5 Å². The van der Waals surface area contributed by atoms with Crippen LogP contribution in [0.2, 0.25) is 0 Å². The normalized spacial score (nSPS) is 16.3. The van der Waals surface area contributed by atoms with Crippen molar-refractivity contribution in [3.05, 3.63) is 59.6 Å². The number of aromatic amines is 1. The van der Waals surface area contributed by atoms with Crippen LogP contribution in [0.25, 0.3) is 22.3 Å². The predicted molar refractivity (Wildman–Crippen MR) is 144 cm³/mol. The van der Waals surface area contributed by atoms with Crippen molar-refractivity contribution in [2.24, 2.45) is 0 Å². The zero-order valence-corrected chi connectivity index (χ0v) is 21.8. The van der Waals surface area contributed by atoms with Crippen LogP contribution in [0.3, 0.4) is 0 Å². The fourth-order valence-corrected chi connectivity index (χ4v) is 5.17. The number of nitrogens with one attached hydrogen (secondary N) is 1. The van der Waals surface area contributed by atoms with Gasteiger partial charge in [0.05, 0.1) is 29.5 Å². The molecule has 0 spiro atoms. The van der Waals surface area contributed by atoms with Crippen LogP contribution in [0, 0.1) is 11.6 Å². The monoisotopic (exact) mass is 519 g/mol. The highest BCUT2D eigenvalue weighted by atomic mass is 19.1. The zero-order chi connectivity index (χ0) is 26.4. The van der Waals surface area contributed by atoms with Gasteiger partial charge >= 0.3 is 0 Å². The lowest BCUT2D eigenvalue weighted by Gasteiger charge is -2.34. The lowest BCUT2D eigenvalue weighted by molar-refractivity contribution is 0.287. The molecule has 4 heterocycles. The standard InChI is InChI=1S/C28H31F2N7O/c1-17(2)37-10-11-38-27-20(29)14-19(15-24(27)37)26-21(30)16-31-25(34-26)13-18-4-5-22-23(12-18)33-28(32-22)36-8-6-35(3)7-9-36/h4-5,12,14-17H,6-11,13H2,1-3H3,(H,32,33). The molecule has 1 N–H and O–H groups in total. The Morgan fingerprint density at radius 3 is 2.61 bits per heavy atom. The van der Waals surface area contributed by atoms with Gasteiger partial charge in [0, 0.05) is 44.2 Å². The van der Waals surface area contributed by atoms with E-state index in [4.69, 9.17) is 9.72 Å². The quantitative estimate of drug-likeness (QED) is 0.423. The van der Waals surface area contributed by atoms with Gasteiger partial charge in [-0.3, -0.25) is 0 Å². The molecule has 2 aromatic heterocycles. The fourth-order valence-electron chi connectivity index (χ4n) is 5.17. The molecule has 10 heteroatoms. The lowest BCUT2D eigenvalue weighted by Crippen LogP contribution is -2.44. The molecule has 2 aliphatic heterocycles. The number of ether oxygens (including phenoxy) is 1. The average Bonchev–Trinajstić information content (AvgIpc) is 3.33. The average molecular weight is 520 g/mol. The summed E-state index contributed by atoms with van der Waals surface area (Å²) in [4.78, 5) is 23.6. The topological polar surface area (TPSA) is 73.4 Å². The number of aromatic nitrogens is 4. The Morgan fingerprint density at radius 1 is 1.00 bits per heavy atom. The number of H-pyrrole nitrogens is 1. The molecule has 2 aliphatic rings. The Balaban J connectivity index is 1.28. The van der Waals surface area contributed by atoms with Gasteiger partial charge in [-0.1, -0.05) is 6.07 Å². The van der Waals surface area contributed by atoms with Crippen molar-refractivity contribution in [3.8, 4) is 17.0 Å². The molecule has 1 fully saturated rings. The molecule has 1 saturated heterocycles. The van der Waals surface area contributed by atoms with Gasteiger partial charge in [0.25, 0.3) is 0 Å². The van der Waals surface area contributed by atoms with E-state index >= 15 is 4.39 Å². The number of rotatable bonds is 5. The maximum Gasteiger partial charge on any atom is 0.203 e. The number of likely N-dealkylation sites (N-methyl/N-ethyl adjacent to an activating group) is 1. The number of halogens is 2. The second kappa shape index (κ2) is 9.83. The van der Waals surface area contributed by atoms with Gasteiger partial charge in [-0.2, -0.15) is 0 Å². The van der Waals surface area contributed by atoms with Crippen molar-refractivity contribution in [2.75, 3.05) is 56.2 Å². The number of benzene rings is 2. The molecule has 38 heavy (non-hydrogen) atoms. The molecule has 198 valence electrons. The molecule has 0 aliphatic carbocycles. The number of anilines is 2. The highest BCUT2D eigenvalue weighted by Gasteiger charge is 2.26. The maximum absolute atomic E-state index is 15.0. The molecular weight excluding hydrogens is 488 g/mol. The van der Waals surface area contributed by atoms with Crippen LogP contribution < -0.4 is 14.5 Å². The second-order valence-corrected chi connectivity index (χ2v) is 10.3. The molecule has 8 nitrogen and oxygen atoms in total. The predicted octanol–water partition coefficient (Wildman–Crippen LogP) is 4.25. The molecule has 0 unspecified atom stereocenters. The summed E-state index contributed by atoms with van der Waals surface area (Å²) in [5.74, 6) is 0.409. The minimum atomic E-state index is -0.596. The van der Waals surface area contributed by atoms with Crippen molar-refractivity contribution < 1.29 is 13.5 Å². The van der Waals surface area contributed by atoms with Crippen LogP contribution in [-0.4, -0.2) is 77.3 Å². The third-order valence-electron chi connectivity index (χ3n) is 7.30. The van der Waals surface area contributed by atoms with Gasteiger partial charge in [0.1, 0.15) is 18.1 Å². The number of hydrogen-bond acceptors (Lipinski definition) is 7.